The summed E-state index contributed by atoms with van der Waals surface area (Å²) in [5.41, 5.74) is 1.83. The molecular formula is C15H15N3O3. The number of carboxylic acid groups (broad SMARTS) is 1. The van der Waals surface area contributed by atoms with E-state index in [0.29, 0.717) is 11.3 Å². The Morgan fingerprint density at radius 2 is 1.86 bits per heavy atom. The van der Waals surface area contributed by atoms with Crippen molar-refractivity contribution in [1.82, 2.24) is 10.3 Å². The highest BCUT2D eigenvalue weighted by Crippen LogP contribution is 2.13. The van der Waals surface area contributed by atoms with E-state index in [2.05, 4.69) is 15.6 Å². The lowest BCUT2D eigenvalue weighted by atomic mass is 10.1. The number of amides is 2. The van der Waals surface area contributed by atoms with Crippen LogP contribution in [0.1, 0.15) is 17.3 Å². The maximum absolute atomic E-state index is 11.9. The zero-order chi connectivity index (χ0) is 15.2. The number of urea groups is 1. The normalized spacial score (nSPS) is 11.5. The maximum Gasteiger partial charge on any atom is 0.330 e. The van der Waals surface area contributed by atoms with Gasteiger partial charge in [-0.15, -0.1) is 0 Å². The van der Waals surface area contributed by atoms with Crippen LogP contribution >= 0.6 is 0 Å². The molecule has 1 aromatic carbocycles. The fourth-order valence-corrected chi connectivity index (χ4v) is 1.77. The Balaban J connectivity index is 2.05. The minimum Gasteiger partial charge on any atom is -0.479 e. The van der Waals surface area contributed by atoms with Gasteiger partial charge in [0.1, 0.15) is 0 Å². The summed E-state index contributed by atoms with van der Waals surface area (Å²) in [5.74, 6) is -1.13. The van der Waals surface area contributed by atoms with Crippen LogP contribution in [0, 0.1) is 6.92 Å². The van der Waals surface area contributed by atoms with E-state index in [4.69, 9.17) is 0 Å². The topological polar surface area (TPSA) is 91.3 Å². The van der Waals surface area contributed by atoms with Crippen molar-refractivity contribution in [3.63, 3.8) is 0 Å². The third-order valence-corrected chi connectivity index (χ3v) is 2.82. The first kappa shape index (κ1) is 14.5. The summed E-state index contributed by atoms with van der Waals surface area (Å²) in [7, 11) is 0. The standard InChI is InChI=1S/C15H15N3O3/c1-10-7-8-12(9-16-10)17-15(21)18-13(14(19)20)11-5-3-2-4-6-11/h2-9,13H,1H3,(H,19,20)(H2,17,18,21). The summed E-state index contributed by atoms with van der Waals surface area (Å²) in [6, 6.07) is 10.2. The summed E-state index contributed by atoms with van der Waals surface area (Å²) in [6.07, 6.45) is 1.51. The average molecular weight is 285 g/mol. The molecule has 3 N–H and O–H groups in total. The number of carbonyl (C=O) groups is 2. The van der Waals surface area contributed by atoms with Gasteiger partial charge in [0.05, 0.1) is 11.9 Å². The van der Waals surface area contributed by atoms with Crippen LogP contribution < -0.4 is 10.6 Å². The van der Waals surface area contributed by atoms with Crippen molar-refractivity contribution < 1.29 is 14.7 Å². The van der Waals surface area contributed by atoms with Crippen molar-refractivity contribution in [2.24, 2.45) is 0 Å². The van der Waals surface area contributed by atoms with Crippen LogP contribution in [0.4, 0.5) is 10.5 Å². The molecule has 2 rings (SSSR count). The molecule has 1 unspecified atom stereocenters. The Bertz CT molecular complexity index is 626. The number of carbonyl (C=O) groups excluding carboxylic acids is 1. The monoisotopic (exact) mass is 285 g/mol. The molecule has 0 saturated carbocycles. The molecule has 6 heteroatoms. The highest BCUT2D eigenvalue weighted by molar-refractivity contribution is 5.92. The Morgan fingerprint density at radius 3 is 2.43 bits per heavy atom. The lowest BCUT2D eigenvalue weighted by Gasteiger charge is -2.15. The van der Waals surface area contributed by atoms with Crippen molar-refractivity contribution >= 4 is 17.7 Å². The molecule has 21 heavy (non-hydrogen) atoms. The van der Waals surface area contributed by atoms with Gasteiger partial charge in [0.2, 0.25) is 0 Å². The minimum absolute atomic E-state index is 0.496. The molecule has 0 bridgehead atoms. The van der Waals surface area contributed by atoms with Gasteiger partial charge in [0.25, 0.3) is 0 Å². The second-order valence-electron chi connectivity index (χ2n) is 4.47. The predicted molar refractivity (Wildman–Crippen MR) is 77.9 cm³/mol. The number of hydrogen-bond donors (Lipinski definition) is 3. The lowest BCUT2D eigenvalue weighted by molar-refractivity contribution is -0.139. The number of carboxylic acids is 1. The maximum atomic E-state index is 11.9. The Hall–Kier alpha value is -2.89. The number of hydrogen-bond acceptors (Lipinski definition) is 3. The van der Waals surface area contributed by atoms with Gasteiger partial charge >= 0.3 is 12.0 Å². The van der Waals surface area contributed by atoms with E-state index in [1.807, 2.05) is 6.92 Å². The second kappa shape index (κ2) is 6.51. The number of benzene rings is 1. The molecule has 2 aromatic rings. The summed E-state index contributed by atoms with van der Waals surface area (Å²) in [4.78, 5) is 27.2. The van der Waals surface area contributed by atoms with Crippen LogP contribution in [-0.4, -0.2) is 22.1 Å². The van der Waals surface area contributed by atoms with Crippen LogP contribution in [-0.2, 0) is 4.79 Å². The van der Waals surface area contributed by atoms with Gasteiger partial charge in [0, 0.05) is 5.69 Å². The van der Waals surface area contributed by atoms with Crippen molar-refractivity contribution in [2.45, 2.75) is 13.0 Å². The zero-order valence-corrected chi connectivity index (χ0v) is 11.4. The first-order valence-electron chi connectivity index (χ1n) is 6.34. The average Bonchev–Trinajstić information content (AvgIpc) is 2.48. The van der Waals surface area contributed by atoms with E-state index in [0.717, 1.165) is 5.69 Å². The van der Waals surface area contributed by atoms with Gasteiger partial charge in [-0.1, -0.05) is 30.3 Å². The lowest BCUT2D eigenvalue weighted by Crippen LogP contribution is -2.36. The van der Waals surface area contributed by atoms with Crippen molar-refractivity contribution in [3.05, 3.63) is 59.9 Å². The van der Waals surface area contributed by atoms with E-state index >= 15 is 0 Å². The summed E-state index contributed by atoms with van der Waals surface area (Å²) >= 11 is 0. The molecule has 0 aliphatic rings. The van der Waals surface area contributed by atoms with Gasteiger partial charge < -0.3 is 15.7 Å². The van der Waals surface area contributed by atoms with Gasteiger partial charge in [-0.25, -0.2) is 9.59 Å². The molecule has 0 aliphatic carbocycles. The number of aliphatic carboxylic acids is 1. The molecule has 6 nitrogen and oxygen atoms in total. The van der Waals surface area contributed by atoms with E-state index in [1.54, 1.807) is 42.5 Å². The minimum atomic E-state index is -1.13. The number of aryl methyl sites for hydroxylation is 1. The van der Waals surface area contributed by atoms with Crippen LogP contribution in [0.2, 0.25) is 0 Å². The first-order valence-corrected chi connectivity index (χ1v) is 6.34. The summed E-state index contributed by atoms with van der Waals surface area (Å²) < 4.78 is 0. The van der Waals surface area contributed by atoms with Crippen LogP contribution in [0.25, 0.3) is 0 Å². The molecule has 108 valence electrons. The fourth-order valence-electron chi connectivity index (χ4n) is 1.77. The number of nitrogens with one attached hydrogen (secondary N) is 2. The van der Waals surface area contributed by atoms with E-state index < -0.39 is 18.0 Å². The number of anilines is 1. The SMILES string of the molecule is Cc1ccc(NC(=O)NC(C(=O)O)c2ccccc2)cn1. The van der Waals surface area contributed by atoms with Crippen molar-refractivity contribution in [3.8, 4) is 0 Å². The number of pyridine rings is 1. The van der Waals surface area contributed by atoms with Gasteiger partial charge in [-0.05, 0) is 24.6 Å². The quantitative estimate of drug-likeness (QED) is 0.804. The molecule has 1 aromatic heterocycles. The van der Waals surface area contributed by atoms with E-state index in [1.165, 1.54) is 6.20 Å². The number of rotatable bonds is 4. The van der Waals surface area contributed by atoms with E-state index in [9.17, 15) is 14.7 Å². The molecular weight excluding hydrogens is 270 g/mol. The van der Waals surface area contributed by atoms with Crippen LogP contribution in [0.5, 0.6) is 0 Å². The highest BCUT2D eigenvalue weighted by atomic mass is 16.4. The molecule has 1 atom stereocenters. The van der Waals surface area contributed by atoms with Crippen LogP contribution in [0.3, 0.4) is 0 Å². The third-order valence-electron chi connectivity index (χ3n) is 2.82. The number of aromatic nitrogens is 1. The molecule has 0 spiro atoms. The van der Waals surface area contributed by atoms with Gasteiger partial charge in [0.15, 0.2) is 6.04 Å². The summed E-state index contributed by atoms with van der Waals surface area (Å²) in [5, 5.41) is 14.2. The number of nitrogens with zero attached hydrogens (tertiary/aromatic N) is 1. The zero-order valence-electron chi connectivity index (χ0n) is 11.4. The molecule has 0 fully saturated rings. The summed E-state index contributed by atoms with van der Waals surface area (Å²) in [6.45, 7) is 1.83. The van der Waals surface area contributed by atoms with Gasteiger partial charge in [-0.2, -0.15) is 0 Å². The molecule has 1 heterocycles. The second-order valence-corrected chi connectivity index (χ2v) is 4.47. The Kier molecular flexibility index (Phi) is 4.50. The molecule has 0 radical (unpaired) electrons. The molecule has 2 amide bonds. The third kappa shape index (κ3) is 4.04. The molecule has 0 saturated heterocycles. The highest BCUT2D eigenvalue weighted by Gasteiger charge is 2.21. The largest absolute Gasteiger partial charge is 0.479 e. The van der Waals surface area contributed by atoms with E-state index in [-0.39, 0.29) is 0 Å². The van der Waals surface area contributed by atoms with Gasteiger partial charge in [-0.3, -0.25) is 4.98 Å². The Labute approximate surface area is 121 Å². The predicted octanol–water partition coefficient (Wildman–Crippen LogP) is 2.34. The Morgan fingerprint density at radius 1 is 1.14 bits per heavy atom. The fraction of sp³-hybridized carbons (Fsp3) is 0.133. The molecule has 0 aliphatic heterocycles. The smallest absolute Gasteiger partial charge is 0.330 e. The van der Waals surface area contributed by atoms with Crippen molar-refractivity contribution in [1.29, 1.82) is 0 Å². The van der Waals surface area contributed by atoms with Crippen LogP contribution in [0.15, 0.2) is 48.7 Å². The first-order chi connectivity index (χ1) is 10.1. The van der Waals surface area contributed by atoms with Crippen molar-refractivity contribution in [2.75, 3.05) is 5.32 Å².